The van der Waals surface area contributed by atoms with Gasteiger partial charge in [0.1, 0.15) is 0 Å². The highest BCUT2D eigenvalue weighted by Gasteiger charge is 2.34. The van der Waals surface area contributed by atoms with Gasteiger partial charge in [0.15, 0.2) is 5.11 Å². The number of halogens is 1. The maximum atomic E-state index is 13.1. The predicted octanol–water partition coefficient (Wildman–Crippen LogP) is 5.32. The molecule has 0 bridgehead atoms. The van der Waals surface area contributed by atoms with Crippen molar-refractivity contribution in [3.63, 3.8) is 0 Å². The molecule has 2 aromatic carbocycles. The Morgan fingerprint density at radius 2 is 1.94 bits per heavy atom. The molecule has 1 amide bonds. The second kappa shape index (κ2) is 10.8. The molecule has 0 saturated heterocycles. The molecule has 1 heterocycles. The maximum absolute atomic E-state index is 13.1. The Balaban J connectivity index is 1.93. The molecule has 0 spiro atoms. The summed E-state index contributed by atoms with van der Waals surface area (Å²) in [6.45, 7) is 8.78. The second-order valence-electron chi connectivity index (χ2n) is 8.18. The first-order valence-corrected chi connectivity index (χ1v) is 11.6. The molecular weight excluding hydrogens is 458 g/mol. The number of rotatable bonds is 7. The Labute approximate surface area is 204 Å². The topological polar surface area (TPSA) is 70.7 Å². The summed E-state index contributed by atoms with van der Waals surface area (Å²) in [5, 5.41) is 7.05. The number of ether oxygens (including phenoxy) is 1. The van der Waals surface area contributed by atoms with Gasteiger partial charge in [0, 0.05) is 17.9 Å². The molecule has 1 aliphatic heterocycles. The van der Waals surface area contributed by atoms with E-state index in [4.69, 9.17) is 28.6 Å². The van der Waals surface area contributed by atoms with E-state index in [-0.39, 0.29) is 17.8 Å². The van der Waals surface area contributed by atoms with Crippen molar-refractivity contribution >= 4 is 46.5 Å². The average molecular weight is 486 g/mol. The number of esters is 1. The minimum atomic E-state index is -0.503. The van der Waals surface area contributed by atoms with Crippen LogP contribution < -0.4 is 10.6 Å². The van der Waals surface area contributed by atoms with Crippen molar-refractivity contribution in [2.45, 2.75) is 33.7 Å². The third kappa shape index (κ3) is 5.72. The molecule has 33 heavy (non-hydrogen) atoms. The largest absolute Gasteiger partial charge is 0.462 e. The van der Waals surface area contributed by atoms with E-state index in [1.807, 2.05) is 50.8 Å². The number of hydrogen-bond donors (Lipinski definition) is 2. The van der Waals surface area contributed by atoms with Crippen molar-refractivity contribution in [3.05, 3.63) is 76.0 Å². The molecule has 2 aromatic rings. The Bertz CT molecular complexity index is 1100. The molecule has 6 nitrogen and oxygen atoms in total. The minimum Gasteiger partial charge on any atom is -0.462 e. The molecule has 0 saturated carbocycles. The highest BCUT2D eigenvalue weighted by molar-refractivity contribution is 7.80. The van der Waals surface area contributed by atoms with Gasteiger partial charge in [-0.2, -0.15) is 0 Å². The Morgan fingerprint density at radius 3 is 2.61 bits per heavy atom. The van der Waals surface area contributed by atoms with Crippen LogP contribution in [0.1, 0.15) is 49.7 Å². The van der Waals surface area contributed by atoms with Crippen molar-refractivity contribution in [2.24, 2.45) is 5.92 Å². The summed E-state index contributed by atoms with van der Waals surface area (Å²) in [4.78, 5) is 27.7. The smallest absolute Gasteiger partial charge is 0.338 e. The van der Waals surface area contributed by atoms with Crippen molar-refractivity contribution in [1.82, 2.24) is 10.2 Å². The lowest BCUT2D eigenvalue weighted by molar-refractivity contribution is -0.140. The molecule has 0 aliphatic carbocycles. The van der Waals surface area contributed by atoms with Gasteiger partial charge in [0.05, 0.1) is 28.8 Å². The lowest BCUT2D eigenvalue weighted by atomic mass is 9.94. The van der Waals surface area contributed by atoms with E-state index in [0.29, 0.717) is 40.1 Å². The van der Waals surface area contributed by atoms with Crippen LogP contribution in [0.4, 0.5) is 5.69 Å². The van der Waals surface area contributed by atoms with E-state index in [0.717, 1.165) is 11.3 Å². The maximum Gasteiger partial charge on any atom is 0.338 e. The summed E-state index contributed by atoms with van der Waals surface area (Å²) in [7, 11) is 0. The van der Waals surface area contributed by atoms with Crippen LogP contribution in [0.15, 0.2) is 59.8 Å². The van der Waals surface area contributed by atoms with Gasteiger partial charge in [0.25, 0.3) is 5.91 Å². The first kappa shape index (κ1) is 24.7. The number of allylic oxidation sites excluding steroid dienone is 1. The Hall–Kier alpha value is -2.90. The van der Waals surface area contributed by atoms with Gasteiger partial charge in [-0.25, -0.2) is 4.79 Å². The van der Waals surface area contributed by atoms with Gasteiger partial charge in [-0.15, -0.1) is 0 Å². The number of amides is 1. The molecule has 1 aliphatic rings. The number of nitrogens with zero attached hydrogens (tertiary/aromatic N) is 1. The van der Waals surface area contributed by atoms with E-state index in [1.165, 1.54) is 0 Å². The molecule has 174 valence electrons. The SMILES string of the molecule is CCN1C(=S)N[C@@H](c2cccc(NC(=O)c3ccccc3Cl)c2)C(C(=O)OCC(C)C)=C1C. The first-order chi connectivity index (χ1) is 15.7. The zero-order chi connectivity index (χ0) is 24.1. The highest BCUT2D eigenvalue weighted by atomic mass is 35.5. The summed E-state index contributed by atoms with van der Waals surface area (Å²) in [5.74, 6) is -0.480. The molecule has 0 fully saturated rings. The number of benzene rings is 2. The first-order valence-electron chi connectivity index (χ1n) is 10.8. The van der Waals surface area contributed by atoms with Gasteiger partial charge in [-0.3, -0.25) is 4.79 Å². The molecule has 0 radical (unpaired) electrons. The van der Waals surface area contributed by atoms with Gasteiger partial charge >= 0.3 is 5.97 Å². The zero-order valence-corrected chi connectivity index (χ0v) is 20.7. The average Bonchev–Trinajstić information content (AvgIpc) is 2.77. The second-order valence-corrected chi connectivity index (χ2v) is 8.97. The number of anilines is 1. The van der Waals surface area contributed by atoms with Crippen molar-refractivity contribution < 1.29 is 14.3 Å². The molecular formula is C25H28ClN3O3S. The zero-order valence-electron chi connectivity index (χ0n) is 19.1. The van der Waals surface area contributed by atoms with Crippen LogP contribution in [0.25, 0.3) is 0 Å². The summed E-state index contributed by atoms with van der Waals surface area (Å²) in [6.07, 6.45) is 0. The van der Waals surface area contributed by atoms with Gasteiger partial charge in [-0.05, 0) is 61.8 Å². The molecule has 3 rings (SSSR count). The fraction of sp³-hybridized carbons (Fsp3) is 0.320. The third-order valence-electron chi connectivity index (χ3n) is 5.28. The van der Waals surface area contributed by atoms with Crippen LogP contribution in [0.2, 0.25) is 5.02 Å². The summed E-state index contributed by atoms with van der Waals surface area (Å²) in [6, 6.07) is 13.7. The quantitative estimate of drug-likeness (QED) is 0.408. The Morgan fingerprint density at radius 1 is 1.21 bits per heavy atom. The molecule has 2 N–H and O–H groups in total. The fourth-order valence-electron chi connectivity index (χ4n) is 3.64. The Kier molecular flexibility index (Phi) is 8.10. The molecule has 8 heteroatoms. The van der Waals surface area contributed by atoms with Gasteiger partial charge < -0.3 is 20.3 Å². The lowest BCUT2D eigenvalue weighted by Gasteiger charge is -2.37. The number of carbonyl (C=O) groups is 2. The molecule has 1 atom stereocenters. The van der Waals surface area contributed by atoms with Crippen LogP contribution >= 0.6 is 23.8 Å². The number of carbonyl (C=O) groups excluding carboxylic acids is 2. The lowest BCUT2D eigenvalue weighted by Crippen LogP contribution is -2.47. The van der Waals surface area contributed by atoms with Crippen LogP contribution in [-0.2, 0) is 9.53 Å². The van der Waals surface area contributed by atoms with E-state index in [9.17, 15) is 9.59 Å². The number of hydrogen-bond acceptors (Lipinski definition) is 4. The van der Waals surface area contributed by atoms with Crippen LogP contribution in [-0.4, -0.2) is 35.0 Å². The normalized spacial score (nSPS) is 16.0. The van der Waals surface area contributed by atoms with Crippen LogP contribution in [0.5, 0.6) is 0 Å². The fourth-order valence-corrected chi connectivity index (χ4v) is 4.24. The summed E-state index contributed by atoms with van der Waals surface area (Å²) in [5.41, 5.74) is 3.00. The summed E-state index contributed by atoms with van der Waals surface area (Å²) >= 11 is 11.7. The summed E-state index contributed by atoms with van der Waals surface area (Å²) < 4.78 is 5.57. The highest BCUT2D eigenvalue weighted by Crippen LogP contribution is 2.32. The standard InChI is InChI=1S/C25H28ClN3O3S/c1-5-29-16(4)21(24(31)32-14-15(2)3)22(28-25(29)33)17-9-8-10-18(13-17)27-23(30)19-11-6-7-12-20(19)26/h6-13,15,22H,5,14H2,1-4H3,(H,27,30)(H,28,33)/t22-/m0/s1. The van der Waals surface area contributed by atoms with Crippen LogP contribution in [0, 0.1) is 5.92 Å². The monoisotopic (exact) mass is 485 g/mol. The van der Waals surface area contributed by atoms with E-state index >= 15 is 0 Å². The molecule has 0 aromatic heterocycles. The van der Waals surface area contributed by atoms with E-state index in [1.54, 1.807) is 30.3 Å². The van der Waals surface area contributed by atoms with E-state index < -0.39 is 6.04 Å². The number of thiocarbonyl (C=S) groups is 1. The molecule has 0 unspecified atom stereocenters. The van der Waals surface area contributed by atoms with Gasteiger partial charge in [0.2, 0.25) is 0 Å². The van der Waals surface area contributed by atoms with E-state index in [2.05, 4.69) is 10.6 Å². The minimum absolute atomic E-state index is 0.219. The van der Waals surface area contributed by atoms with Crippen molar-refractivity contribution in [1.29, 1.82) is 0 Å². The van der Waals surface area contributed by atoms with Crippen molar-refractivity contribution in [3.8, 4) is 0 Å². The van der Waals surface area contributed by atoms with Crippen LogP contribution in [0.3, 0.4) is 0 Å². The third-order valence-corrected chi connectivity index (χ3v) is 5.94. The number of nitrogens with one attached hydrogen (secondary N) is 2. The van der Waals surface area contributed by atoms with Gasteiger partial charge in [-0.1, -0.05) is 49.7 Å². The predicted molar refractivity (Wildman–Crippen MR) is 135 cm³/mol. The van der Waals surface area contributed by atoms with Crippen molar-refractivity contribution in [2.75, 3.05) is 18.5 Å².